The number of rotatable bonds is 4. The van der Waals surface area contributed by atoms with Gasteiger partial charge in [-0.2, -0.15) is 0 Å². The van der Waals surface area contributed by atoms with E-state index in [1.807, 2.05) is 13.0 Å². The van der Waals surface area contributed by atoms with Crippen LogP contribution in [-0.4, -0.2) is 19.0 Å². The lowest BCUT2D eigenvalue weighted by Crippen LogP contribution is -2.37. The van der Waals surface area contributed by atoms with E-state index < -0.39 is 12.5 Å². The summed E-state index contributed by atoms with van der Waals surface area (Å²) in [6.07, 6.45) is 3.70. The lowest BCUT2D eigenvalue weighted by Gasteiger charge is -2.23. The first-order valence-electron chi connectivity index (χ1n) is 4.96. The second-order valence-corrected chi connectivity index (χ2v) is 3.39. The summed E-state index contributed by atoms with van der Waals surface area (Å²) in [7, 11) is 0. The van der Waals surface area contributed by atoms with E-state index in [0.717, 1.165) is 31.3 Å². The summed E-state index contributed by atoms with van der Waals surface area (Å²) < 4.78 is 25.1. The van der Waals surface area contributed by atoms with Crippen molar-refractivity contribution in [3.63, 3.8) is 0 Å². The standard InChI is InChI=1S/C10H17F2N/c1-2-13-9(10(11)12)8-6-4-3-5-7-8/h6,9-10,13H,2-5,7H2,1H3. The van der Waals surface area contributed by atoms with Crippen LogP contribution in [0.3, 0.4) is 0 Å². The molecule has 0 aromatic heterocycles. The summed E-state index contributed by atoms with van der Waals surface area (Å²) >= 11 is 0. The minimum absolute atomic E-state index is 0.604. The zero-order valence-electron chi connectivity index (χ0n) is 8.02. The van der Waals surface area contributed by atoms with Gasteiger partial charge >= 0.3 is 0 Å². The summed E-state index contributed by atoms with van der Waals surface area (Å²) in [4.78, 5) is 0. The molecule has 0 spiro atoms. The van der Waals surface area contributed by atoms with Gasteiger partial charge < -0.3 is 5.32 Å². The molecule has 1 aliphatic rings. The molecule has 1 unspecified atom stereocenters. The molecular formula is C10H17F2N. The maximum absolute atomic E-state index is 12.6. The molecule has 0 bridgehead atoms. The third-order valence-electron chi connectivity index (χ3n) is 2.40. The van der Waals surface area contributed by atoms with Gasteiger partial charge in [-0.05, 0) is 32.2 Å². The predicted octanol–water partition coefficient (Wildman–Crippen LogP) is 2.73. The average molecular weight is 189 g/mol. The maximum atomic E-state index is 12.6. The fourth-order valence-corrected chi connectivity index (χ4v) is 1.75. The van der Waals surface area contributed by atoms with E-state index in [0.29, 0.717) is 6.54 Å². The summed E-state index contributed by atoms with van der Waals surface area (Å²) in [6.45, 7) is 2.46. The lowest BCUT2D eigenvalue weighted by atomic mass is 9.94. The van der Waals surface area contributed by atoms with Gasteiger partial charge in [0.2, 0.25) is 0 Å². The van der Waals surface area contributed by atoms with Crippen molar-refractivity contribution in [2.75, 3.05) is 6.54 Å². The second kappa shape index (κ2) is 5.32. The monoisotopic (exact) mass is 189 g/mol. The van der Waals surface area contributed by atoms with Crippen molar-refractivity contribution in [3.05, 3.63) is 11.6 Å². The fourth-order valence-electron chi connectivity index (χ4n) is 1.75. The molecule has 0 fully saturated rings. The Hall–Kier alpha value is -0.440. The van der Waals surface area contributed by atoms with E-state index in [1.54, 1.807) is 0 Å². The van der Waals surface area contributed by atoms with Crippen molar-refractivity contribution in [2.24, 2.45) is 0 Å². The first kappa shape index (κ1) is 10.6. The molecule has 0 heterocycles. The predicted molar refractivity (Wildman–Crippen MR) is 50.0 cm³/mol. The quantitative estimate of drug-likeness (QED) is 0.670. The van der Waals surface area contributed by atoms with Crippen LogP contribution in [0, 0.1) is 0 Å². The van der Waals surface area contributed by atoms with Crippen molar-refractivity contribution in [1.29, 1.82) is 0 Å². The molecule has 0 aliphatic heterocycles. The minimum Gasteiger partial charge on any atom is -0.306 e. The zero-order valence-corrected chi connectivity index (χ0v) is 8.02. The topological polar surface area (TPSA) is 12.0 Å². The maximum Gasteiger partial charge on any atom is 0.257 e. The number of likely N-dealkylation sites (N-methyl/N-ethyl adjacent to an activating group) is 1. The van der Waals surface area contributed by atoms with Gasteiger partial charge in [-0.15, -0.1) is 0 Å². The zero-order chi connectivity index (χ0) is 9.68. The van der Waals surface area contributed by atoms with Crippen molar-refractivity contribution in [2.45, 2.75) is 45.1 Å². The van der Waals surface area contributed by atoms with E-state index in [-0.39, 0.29) is 0 Å². The number of halogens is 2. The van der Waals surface area contributed by atoms with Crippen LogP contribution in [0.4, 0.5) is 8.78 Å². The van der Waals surface area contributed by atoms with Gasteiger partial charge in [0.1, 0.15) is 0 Å². The van der Waals surface area contributed by atoms with E-state index in [4.69, 9.17) is 0 Å². The van der Waals surface area contributed by atoms with Crippen molar-refractivity contribution in [1.82, 2.24) is 5.32 Å². The Balaban J connectivity index is 2.56. The number of alkyl halides is 2. The molecule has 1 N–H and O–H groups in total. The Morgan fingerprint density at radius 1 is 1.46 bits per heavy atom. The van der Waals surface area contributed by atoms with Crippen molar-refractivity contribution >= 4 is 0 Å². The smallest absolute Gasteiger partial charge is 0.257 e. The summed E-state index contributed by atoms with van der Waals surface area (Å²) in [5, 5.41) is 2.83. The molecule has 3 heteroatoms. The van der Waals surface area contributed by atoms with Gasteiger partial charge in [0, 0.05) is 0 Å². The van der Waals surface area contributed by atoms with E-state index in [2.05, 4.69) is 5.32 Å². The largest absolute Gasteiger partial charge is 0.306 e. The third-order valence-corrected chi connectivity index (χ3v) is 2.40. The van der Waals surface area contributed by atoms with Crippen LogP contribution in [0.5, 0.6) is 0 Å². The summed E-state index contributed by atoms with van der Waals surface area (Å²) in [5.74, 6) is 0. The minimum atomic E-state index is -2.27. The molecule has 1 atom stereocenters. The molecule has 0 saturated heterocycles. The number of hydrogen-bond donors (Lipinski definition) is 1. The van der Waals surface area contributed by atoms with Gasteiger partial charge in [-0.3, -0.25) is 0 Å². The highest BCUT2D eigenvalue weighted by Crippen LogP contribution is 2.23. The van der Waals surface area contributed by atoms with Gasteiger partial charge in [0.25, 0.3) is 6.43 Å². The number of allylic oxidation sites excluding steroid dienone is 1. The van der Waals surface area contributed by atoms with Crippen molar-refractivity contribution in [3.8, 4) is 0 Å². The fraction of sp³-hybridized carbons (Fsp3) is 0.800. The highest BCUT2D eigenvalue weighted by atomic mass is 19.3. The first-order valence-corrected chi connectivity index (χ1v) is 4.96. The highest BCUT2D eigenvalue weighted by molar-refractivity contribution is 5.14. The number of hydrogen-bond acceptors (Lipinski definition) is 1. The normalized spacial score (nSPS) is 20.2. The van der Waals surface area contributed by atoms with E-state index >= 15 is 0 Å². The lowest BCUT2D eigenvalue weighted by molar-refractivity contribution is 0.112. The Morgan fingerprint density at radius 2 is 2.23 bits per heavy atom. The molecule has 13 heavy (non-hydrogen) atoms. The SMILES string of the molecule is CCNC(C1=CCCCC1)C(F)F. The molecule has 0 amide bonds. The Labute approximate surface area is 78.2 Å². The Bertz CT molecular complexity index is 178. The van der Waals surface area contributed by atoms with Crippen LogP contribution >= 0.6 is 0 Å². The second-order valence-electron chi connectivity index (χ2n) is 3.39. The van der Waals surface area contributed by atoms with E-state index in [9.17, 15) is 8.78 Å². The summed E-state index contributed by atoms with van der Waals surface area (Å²) in [6, 6.07) is -0.703. The van der Waals surface area contributed by atoms with Gasteiger partial charge in [-0.25, -0.2) is 8.78 Å². The molecule has 76 valence electrons. The molecular weight excluding hydrogens is 172 g/mol. The molecule has 1 aliphatic carbocycles. The van der Waals surface area contributed by atoms with Gasteiger partial charge in [0.05, 0.1) is 6.04 Å². The van der Waals surface area contributed by atoms with Gasteiger partial charge in [0.15, 0.2) is 0 Å². The van der Waals surface area contributed by atoms with Crippen LogP contribution in [0.2, 0.25) is 0 Å². The van der Waals surface area contributed by atoms with Crippen LogP contribution in [-0.2, 0) is 0 Å². The average Bonchev–Trinajstić information content (AvgIpc) is 2.15. The molecule has 0 aromatic carbocycles. The molecule has 0 radical (unpaired) electrons. The highest BCUT2D eigenvalue weighted by Gasteiger charge is 2.23. The first-order chi connectivity index (χ1) is 6.25. The molecule has 1 nitrogen and oxygen atoms in total. The van der Waals surface area contributed by atoms with Crippen LogP contribution in [0.1, 0.15) is 32.6 Å². The van der Waals surface area contributed by atoms with Crippen LogP contribution in [0.15, 0.2) is 11.6 Å². The van der Waals surface area contributed by atoms with Crippen molar-refractivity contribution < 1.29 is 8.78 Å². The van der Waals surface area contributed by atoms with Crippen LogP contribution in [0.25, 0.3) is 0 Å². The van der Waals surface area contributed by atoms with Gasteiger partial charge in [-0.1, -0.05) is 18.6 Å². The molecule has 0 aromatic rings. The third kappa shape index (κ3) is 3.07. The molecule has 1 rings (SSSR count). The summed E-state index contributed by atoms with van der Waals surface area (Å²) in [5.41, 5.74) is 0.906. The molecule has 0 saturated carbocycles. The van der Waals surface area contributed by atoms with E-state index in [1.165, 1.54) is 0 Å². The Kier molecular flexibility index (Phi) is 4.36. The van der Waals surface area contributed by atoms with Crippen LogP contribution < -0.4 is 5.32 Å². The Morgan fingerprint density at radius 3 is 2.69 bits per heavy atom. The number of nitrogens with one attached hydrogen (secondary N) is 1.